The van der Waals surface area contributed by atoms with E-state index < -0.39 is 12.1 Å². The Hall–Kier alpha value is -3.03. The minimum Gasteiger partial charge on any atom is -0.459 e. The third-order valence-electron chi connectivity index (χ3n) is 4.96. The van der Waals surface area contributed by atoms with E-state index in [4.69, 9.17) is 15.9 Å². The van der Waals surface area contributed by atoms with Crippen LogP contribution >= 0.6 is 11.3 Å². The van der Waals surface area contributed by atoms with Crippen LogP contribution < -0.4 is 5.56 Å². The highest BCUT2D eigenvalue weighted by atomic mass is 32.1. The van der Waals surface area contributed by atoms with Gasteiger partial charge in [-0.25, -0.2) is 9.78 Å². The Morgan fingerprint density at radius 2 is 2.03 bits per heavy atom. The first-order valence-corrected chi connectivity index (χ1v) is 11.8. The summed E-state index contributed by atoms with van der Waals surface area (Å²) < 4.78 is 10.6. The Morgan fingerprint density at radius 1 is 1.29 bits per heavy atom. The molecule has 0 saturated heterocycles. The number of terminal acetylenes is 1. The third kappa shape index (κ3) is 6.74. The molecule has 0 fully saturated rings. The molecular formula is C25H29N3O5S. The van der Waals surface area contributed by atoms with Crippen LogP contribution in [0.25, 0.3) is 10.2 Å². The zero-order valence-electron chi connectivity index (χ0n) is 19.5. The summed E-state index contributed by atoms with van der Waals surface area (Å²) in [5.74, 6) is 2.35. The van der Waals surface area contributed by atoms with Crippen molar-refractivity contribution in [3.05, 3.63) is 62.5 Å². The number of thiophene rings is 1. The zero-order valence-corrected chi connectivity index (χ0v) is 20.4. The Kier molecular flexibility index (Phi) is 8.96. The number of hydrogen-bond donors (Lipinski definition) is 2. The summed E-state index contributed by atoms with van der Waals surface area (Å²) in [7, 11) is 0. The van der Waals surface area contributed by atoms with E-state index in [1.54, 1.807) is 20.8 Å². The van der Waals surface area contributed by atoms with Crippen LogP contribution in [0.2, 0.25) is 0 Å². The lowest BCUT2D eigenvalue weighted by Gasteiger charge is -2.24. The lowest BCUT2D eigenvalue weighted by Crippen LogP contribution is -2.35. The van der Waals surface area contributed by atoms with Gasteiger partial charge in [0.25, 0.3) is 5.56 Å². The second-order valence-electron chi connectivity index (χ2n) is 8.23. The standard InChI is InChI=1S/C25H29N3O5S/c1-5-11-32-15-19(29)13-28(12-18-9-7-6-8-10-18)14-20-26-23(30)21-17(4)22(34-24(21)27-20)25(31)33-16(2)3/h1,6-10,16,19,29H,11-15H2,2-4H3,(H,26,27,30)/t19-/m0/s1. The maximum atomic E-state index is 12.9. The third-order valence-corrected chi connectivity index (χ3v) is 6.13. The van der Waals surface area contributed by atoms with Crippen molar-refractivity contribution in [3.8, 4) is 12.3 Å². The minimum absolute atomic E-state index is 0.101. The van der Waals surface area contributed by atoms with Crippen molar-refractivity contribution in [1.82, 2.24) is 14.9 Å². The first kappa shape index (κ1) is 25.6. The Labute approximate surface area is 202 Å². The molecule has 9 heteroatoms. The summed E-state index contributed by atoms with van der Waals surface area (Å²) in [6.45, 7) is 6.61. The van der Waals surface area contributed by atoms with E-state index in [0.717, 1.165) is 16.9 Å². The molecule has 3 aromatic rings. The number of aryl methyl sites for hydroxylation is 1. The highest BCUT2D eigenvalue weighted by Gasteiger charge is 2.22. The number of rotatable bonds is 11. The fourth-order valence-electron chi connectivity index (χ4n) is 3.57. The van der Waals surface area contributed by atoms with Crippen molar-refractivity contribution in [3.63, 3.8) is 0 Å². The number of H-pyrrole nitrogens is 1. The van der Waals surface area contributed by atoms with Crippen LogP contribution in [0.5, 0.6) is 0 Å². The number of aliphatic hydroxyl groups is 1. The van der Waals surface area contributed by atoms with E-state index in [1.165, 1.54) is 0 Å². The van der Waals surface area contributed by atoms with Crippen molar-refractivity contribution in [2.45, 2.75) is 46.1 Å². The molecule has 3 rings (SSSR count). The fourth-order valence-corrected chi connectivity index (χ4v) is 4.65. The summed E-state index contributed by atoms with van der Waals surface area (Å²) in [6, 6.07) is 9.80. The number of aliphatic hydroxyl groups excluding tert-OH is 1. The number of benzene rings is 1. The quantitative estimate of drug-likeness (QED) is 0.245. The van der Waals surface area contributed by atoms with Crippen molar-refractivity contribution < 1.29 is 19.4 Å². The smallest absolute Gasteiger partial charge is 0.348 e. The average Bonchev–Trinajstić information content (AvgIpc) is 3.11. The van der Waals surface area contributed by atoms with E-state index >= 15 is 0 Å². The van der Waals surface area contributed by atoms with Gasteiger partial charge >= 0.3 is 5.97 Å². The first-order chi connectivity index (χ1) is 16.3. The molecule has 0 aliphatic carbocycles. The summed E-state index contributed by atoms with van der Waals surface area (Å²) >= 11 is 1.15. The maximum absolute atomic E-state index is 12.9. The molecule has 34 heavy (non-hydrogen) atoms. The van der Waals surface area contributed by atoms with Gasteiger partial charge in [0.1, 0.15) is 22.1 Å². The van der Waals surface area contributed by atoms with Gasteiger partial charge in [0.15, 0.2) is 0 Å². The molecule has 2 heterocycles. The van der Waals surface area contributed by atoms with Crippen molar-refractivity contribution in [1.29, 1.82) is 0 Å². The number of nitrogens with zero attached hydrogens (tertiary/aromatic N) is 2. The van der Waals surface area contributed by atoms with Gasteiger partial charge in [0, 0.05) is 13.1 Å². The lowest BCUT2D eigenvalue weighted by molar-refractivity contribution is 0.0238. The monoisotopic (exact) mass is 483 g/mol. The van der Waals surface area contributed by atoms with Gasteiger partial charge in [0.2, 0.25) is 0 Å². The summed E-state index contributed by atoms with van der Waals surface area (Å²) in [4.78, 5) is 35.6. The van der Waals surface area contributed by atoms with E-state index in [1.807, 2.05) is 35.2 Å². The Balaban J connectivity index is 1.86. The van der Waals surface area contributed by atoms with Gasteiger partial charge in [-0.05, 0) is 31.9 Å². The Bertz CT molecular complexity index is 1210. The summed E-state index contributed by atoms with van der Waals surface area (Å²) in [5.41, 5.74) is 1.30. The number of fused-ring (bicyclic) bond motifs is 1. The molecule has 0 bridgehead atoms. The van der Waals surface area contributed by atoms with Gasteiger partial charge < -0.3 is 19.6 Å². The summed E-state index contributed by atoms with van der Waals surface area (Å²) in [6.07, 6.45) is 4.17. The number of esters is 1. The normalized spacial score (nSPS) is 12.3. The number of aromatic amines is 1. The number of ether oxygens (including phenoxy) is 2. The van der Waals surface area contributed by atoms with Crippen LogP contribution in [0.3, 0.4) is 0 Å². The van der Waals surface area contributed by atoms with Crippen molar-refractivity contribution in [2.24, 2.45) is 0 Å². The molecule has 0 radical (unpaired) electrons. The molecule has 1 aromatic carbocycles. The molecule has 2 aromatic heterocycles. The topological polar surface area (TPSA) is 105 Å². The van der Waals surface area contributed by atoms with Crippen LogP contribution in [-0.2, 0) is 22.6 Å². The molecule has 0 unspecified atom stereocenters. The predicted octanol–water partition coefficient (Wildman–Crippen LogP) is 2.87. The fraction of sp³-hybridized carbons (Fsp3) is 0.400. The van der Waals surface area contributed by atoms with Crippen LogP contribution in [0, 0.1) is 19.3 Å². The van der Waals surface area contributed by atoms with Crippen LogP contribution in [-0.4, -0.2) is 57.9 Å². The van der Waals surface area contributed by atoms with Crippen LogP contribution in [0.1, 0.15) is 40.5 Å². The largest absolute Gasteiger partial charge is 0.459 e. The maximum Gasteiger partial charge on any atom is 0.348 e. The van der Waals surface area contributed by atoms with Gasteiger partial charge in [-0.2, -0.15) is 0 Å². The molecule has 0 amide bonds. The molecule has 0 aliphatic rings. The van der Waals surface area contributed by atoms with Gasteiger partial charge in [-0.3, -0.25) is 9.69 Å². The van der Waals surface area contributed by atoms with Gasteiger partial charge in [-0.1, -0.05) is 36.3 Å². The minimum atomic E-state index is -0.770. The second kappa shape index (κ2) is 11.9. The molecule has 8 nitrogen and oxygen atoms in total. The van der Waals surface area contributed by atoms with Crippen LogP contribution in [0.15, 0.2) is 35.1 Å². The van der Waals surface area contributed by atoms with Gasteiger partial charge in [0.05, 0.1) is 30.7 Å². The van der Waals surface area contributed by atoms with E-state index in [-0.39, 0.29) is 38.0 Å². The number of carbonyl (C=O) groups is 1. The summed E-state index contributed by atoms with van der Waals surface area (Å²) in [5, 5.41) is 10.8. The predicted molar refractivity (Wildman–Crippen MR) is 132 cm³/mol. The average molecular weight is 484 g/mol. The molecule has 180 valence electrons. The molecule has 2 N–H and O–H groups in total. The Morgan fingerprint density at radius 3 is 2.71 bits per heavy atom. The molecule has 0 spiro atoms. The molecule has 0 saturated carbocycles. The second-order valence-corrected chi connectivity index (χ2v) is 9.23. The van der Waals surface area contributed by atoms with Crippen LogP contribution in [0.4, 0.5) is 0 Å². The van der Waals surface area contributed by atoms with E-state index in [0.29, 0.717) is 33.0 Å². The SMILES string of the molecule is C#CCOC[C@@H](O)CN(Cc1ccccc1)Cc1nc2sc(C(=O)OC(C)C)c(C)c2c(=O)[nH]1. The molecule has 1 atom stereocenters. The highest BCUT2D eigenvalue weighted by molar-refractivity contribution is 7.20. The molecular weight excluding hydrogens is 454 g/mol. The van der Waals surface area contributed by atoms with Crippen molar-refractivity contribution >= 4 is 27.5 Å². The van der Waals surface area contributed by atoms with E-state index in [2.05, 4.69) is 15.9 Å². The number of aromatic nitrogens is 2. The van der Waals surface area contributed by atoms with Crippen molar-refractivity contribution in [2.75, 3.05) is 19.8 Å². The number of carbonyl (C=O) groups excluding carboxylic acids is 1. The highest BCUT2D eigenvalue weighted by Crippen LogP contribution is 2.28. The lowest BCUT2D eigenvalue weighted by atomic mass is 10.2. The molecule has 0 aliphatic heterocycles. The zero-order chi connectivity index (χ0) is 24.7. The number of nitrogens with one attached hydrogen (secondary N) is 1. The first-order valence-electron chi connectivity index (χ1n) is 11.0. The van der Waals surface area contributed by atoms with Gasteiger partial charge in [-0.15, -0.1) is 17.8 Å². The van der Waals surface area contributed by atoms with E-state index in [9.17, 15) is 14.7 Å². The number of hydrogen-bond acceptors (Lipinski definition) is 8.